The van der Waals surface area contributed by atoms with Crippen LogP contribution < -0.4 is 0 Å². The van der Waals surface area contributed by atoms with Gasteiger partial charge in [0.2, 0.25) is 0 Å². The second kappa shape index (κ2) is 6.29. The van der Waals surface area contributed by atoms with Gasteiger partial charge in [-0.25, -0.2) is 4.98 Å². The van der Waals surface area contributed by atoms with Crippen LogP contribution in [0.3, 0.4) is 0 Å². The van der Waals surface area contributed by atoms with E-state index in [1.54, 1.807) is 16.0 Å². The third-order valence-electron chi connectivity index (χ3n) is 4.99. The molecule has 2 aliphatic heterocycles. The zero-order valence-electron chi connectivity index (χ0n) is 14.0. The predicted octanol–water partition coefficient (Wildman–Crippen LogP) is 2.66. The Balaban J connectivity index is 1.47. The van der Waals surface area contributed by atoms with Crippen LogP contribution in [-0.4, -0.2) is 44.8 Å². The zero-order valence-corrected chi connectivity index (χ0v) is 14.8. The molecule has 4 rings (SSSR count). The summed E-state index contributed by atoms with van der Waals surface area (Å²) < 4.78 is 8.01. The quantitative estimate of drug-likeness (QED) is 0.857. The highest BCUT2D eigenvalue weighted by Gasteiger charge is 2.41. The number of rotatable bonds is 3. The summed E-state index contributed by atoms with van der Waals surface area (Å²) >= 11 is 1.65. The maximum absolute atomic E-state index is 12.9. The smallest absolute Gasteiger partial charge is 0.272 e. The molecule has 128 valence electrons. The molecule has 1 amide bonds. The highest BCUT2D eigenvalue weighted by molar-refractivity contribution is 7.09. The number of hydrogen-bond acceptors (Lipinski definition) is 5. The molecule has 0 N–H and O–H groups in total. The van der Waals surface area contributed by atoms with Crippen molar-refractivity contribution in [3.05, 3.63) is 34.0 Å². The standard InChI is InChI=1S/C17H22N4O2S/c1-3-21-13(8-11(2)19-21)17(22)20-6-4-12-9-14(23-15(12)10-20)16-18-5-7-24-16/h5,7-8,12,14-15H,3-4,6,9-10H2,1-2H3/t12-,14-,15+/m0/s1. The molecule has 3 atom stereocenters. The Hall–Kier alpha value is -1.73. The summed E-state index contributed by atoms with van der Waals surface area (Å²) in [5, 5.41) is 7.44. The van der Waals surface area contributed by atoms with Gasteiger partial charge in [-0.05, 0) is 38.7 Å². The number of piperidine rings is 1. The summed E-state index contributed by atoms with van der Waals surface area (Å²) in [6.07, 6.45) is 4.06. The summed E-state index contributed by atoms with van der Waals surface area (Å²) in [5.41, 5.74) is 1.57. The molecule has 0 unspecified atom stereocenters. The van der Waals surface area contributed by atoms with Crippen molar-refractivity contribution in [2.75, 3.05) is 13.1 Å². The number of aryl methyl sites for hydroxylation is 2. The molecule has 0 radical (unpaired) electrons. The molecule has 7 heteroatoms. The third-order valence-corrected chi connectivity index (χ3v) is 5.85. The van der Waals surface area contributed by atoms with Crippen LogP contribution in [0.4, 0.5) is 0 Å². The molecule has 2 aromatic rings. The molecule has 0 spiro atoms. The van der Waals surface area contributed by atoms with Gasteiger partial charge in [0.05, 0.1) is 11.8 Å². The fourth-order valence-corrected chi connectivity index (χ4v) is 4.47. The number of amides is 1. The molecule has 2 aromatic heterocycles. The summed E-state index contributed by atoms with van der Waals surface area (Å²) in [7, 11) is 0. The molecule has 0 saturated carbocycles. The number of aromatic nitrogens is 3. The molecule has 24 heavy (non-hydrogen) atoms. The average molecular weight is 346 g/mol. The Morgan fingerprint density at radius 2 is 2.38 bits per heavy atom. The number of fused-ring (bicyclic) bond motifs is 1. The summed E-state index contributed by atoms with van der Waals surface area (Å²) in [5.74, 6) is 0.595. The lowest BCUT2D eigenvalue weighted by Crippen LogP contribution is -2.45. The first kappa shape index (κ1) is 15.8. The van der Waals surface area contributed by atoms with E-state index >= 15 is 0 Å². The van der Waals surface area contributed by atoms with Gasteiger partial charge in [0.1, 0.15) is 16.8 Å². The van der Waals surface area contributed by atoms with Crippen LogP contribution >= 0.6 is 11.3 Å². The second-order valence-electron chi connectivity index (χ2n) is 6.56. The number of likely N-dealkylation sites (tertiary alicyclic amines) is 1. The number of carbonyl (C=O) groups is 1. The van der Waals surface area contributed by atoms with E-state index in [0.29, 0.717) is 24.7 Å². The minimum atomic E-state index is 0.0669. The lowest BCUT2D eigenvalue weighted by atomic mass is 9.91. The van der Waals surface area contributed by atoms with E-state index in [-0.39, 0.29) is 18.1 Å². The summed E-state index contributed by atoms with van der Waals surface area (Å²) in [6.45, 7) is 6.10. The number of thiazole rings is 1. The lowest BCUT2D eigenvalue weighted by Gasteiger charge is -2.34. The van der Waals surface area contributed by atoms with Crippen molar-refractivity contribution in [1.29, 1.82) is 0 Å². The van der Waals surface area contributed by atoms with Crippen molar-refractivity contribution >= 4 is 17.2 Å². The summed E-state index contributed by atoms with van der Waals surface area (Å²) in [4.78, 5) is 19.2. The van der Waals surface area contributed by atoms with Gasteiger partial charge in [0.25, 0.3) is 5.91 Å². The lowest BCUT2D eigenvalue weighted by molar-refractivity contribution is -0.00481. The first-order valence-electron chi connectivity index (χ1n) is 8.54. The number of hydrogen-bond donors (Lipinski definition) is 0. The Labute approximate surface area is 145 Å². The maximum atomic E-state index is 12.9. The average Bonchev–Trinajstić information content (AvgIpc) is 3.31. The van der Waals surface area contributed by atoms with Gasteiger partial charge in [-0.15, -0.1) is 11.3 Å². The first-order valence-corrected chi connectivity index (χ1v) is 9.42. The van der Waals surface area contributed by atoms with Crippen LogP contribution in [0.2, 0.25) is 0 Å². The van der Waals surface area contributed by atoms with Crippen molar-refractivity contribution in [1.82, 2.24) is 19.7 Å². The zero-order chi connectivity index (χ0) is 16.7. The number of nitrogens with zero attached hydrogens (tertiary/aromatic N) is 4. The van der Waals surface area contributed by atoms with Crippen LogP contribution in [0.1, 0.15) is 47.1 Å². The van der Waals surface area contributed by atoms with Gasteiger partial charge in [-0.1, -0.05) is 0 Å². The molecule has 4 heterocycles. The minimum absolute atomic E-state index is 0.0669. The molecular formula is C17H22N4O2S. The van der Waals surface area contributed by atoms with Crippen molar-refractivity contribution in [2.24, 2.45) is 5.92 Å². The van der Waals surface area contributed by atoms with Gasteiger partial charge in [-0.2, -0.15) is 5.10 Å². The van der Waals surface area contributed by atoms with Crippen molar-refractivity contribution in [2.45, 2.75) is 45.4 Å². The summed E-state index contributed by atoms with van der Waals surface area (Å²) in [6, 6.07) is 1.88. The molecular weight excluding hydrogens is 324 g/mol. The second-order valence-corrected chi connectivity index (χ2v) is 7.48. The molecule has 2 fully saturated rings. The molecule has 2 saturated heterocycles. The van der Waals surface area contributed by atoms with Crippen LogP contribution in [0.25, 0.3) is 0 Å². The van der Waals surface area contributed by atoms with E-state index in [4.69, 9.17) is 4.74 Å². The first-order chi connectivity index (χ1) is 11.7. The van der Waals surface area contributed by atoms with E-state index in [2.05, 4.69) is 10.1 Å². The van der Waals surface area contributed by atoms with E-state index < -0.39 is 0 Å². The van der Waals surface area contributed by atoms with Gasteiger partial charge in [0.15, 0.2) is 0 Å². The van der Waals surface area contributed by atoms with Crippen molar-refractivity contribution in [3.8, 4) is 0 Å². The van der Waals surface area contributed by atoms with Gasteiger partial charge in [-0.3, -0.25) is 9.48 Å². The fraction of sp³-hybridized carbons (Fsp3) is 0.588. The minimum Gasteiger partial charge on any atom is -0.366 e. The van der Waals surface area contributed by atoms with E-state index in [1.165, 1.54) is 0 Å². The van der Waals surface area contributed by atoms with Crippen LogP contribution in [0, 0.1) is 12.8 Å². The topological polar surface area (TPSA) is 60.2 Å². The van der Waals surface area contributed by atoms with Crippen LogP contribution in [0.5, 0.6) is 0 Å². The third kappa shape index (κ3) is 2.75. The van der Waals surface area contributed by atoms with E-state index in [9.17, 15) is 4.79 Å². The number of carbonyl (C=O) groups excluding carboxylic acids is 1. The van der Waals surface area contributed by atoms with Gasteiger partial charge >= 0.3 is 0 Å². The molecule has 6 nitrogen and oxygen atoms in total. The maximum Gasteiger partial charge on any atom is 0.272 e. The van der Waals surface area contributed by atoms with E-state index in [1.807, 2.05) is 36.4 Å². The van der Waals surface area contributed by atoms with Crippen molar-refractivity contribution < 1.29 is 9.53 Å². The van der Waals surface area contributed by atoms with Crippen LogP contribution in [0.15, 0.2) is 17.6 Å². The van der Waals surface area contributed by atoms with E-state index in [0.717, 1.165) is 30.1 Å². The fourth-order valence-electron chi connectivity index (χ4n) is 3.79. The highest BCUT2D eigenvalue weighted by atomic mass is 32.1. The monoisotopic (exact) mass is 346 g/mol. The van der Waals surface area contributed by atoms with Gasteiger partial charge in [0, 0.05) is 31.2 Å². The largest absolute Gasteiger partial charge is 0.366 e. The molecule has 2 aliphatic rings. The number of ether oxygens (including phenoxy) is 1. The Bertz CT molecular complexity index is 727. The van der Waals surface area contributed by atoms with Crippen molar-refractivity contribution in [3.63, 3.8) is 0 Å². The Morgan fingerprint density at radius 1 is 1.50 bits per heavy atom. The van der Waals surface area contributed by atoms with Gasteiger partial charge < -0.3 is 9.64 Å². The molecule has 0 bridgehead atoms. The molecule has 0 aliphatic carbocycles. The SMILES string of the molecule is CCn1nc(C)cc1C(=O)N1CC[C@H]2C[C@@H](c3nccs3)O[C@@H]2C1. The normalized spacial score (nSPS) is 26.6. The predicted molar refractivity (Wildman–Crippen MR) is 91.0 cm³/mol. The highest BCUT2D eigenvalue weighted by Crippen LogP contribution is 2.41. The van der Waals surface area contributed by atoms with Crippen LogP contribution in [-0.2, 0) is 11.3 Å². The Morgan fingerprint density at radius 3 is 3.12 bits per heavy atom. The Kier molecular flexibility index (Phi) is 4.14. The molecule has 0 aromatic carbocycles.